The number of methoxy groups -OCH3 is 1. The van der Waals surface area contributed by atoms with Crippen LogP contribution in [0.5, 0.6) is 5.75 Å². The van der Waals surface area contributed by atoms with Crippen LogP contribution >= 0.6 is 11.3 Å². The molecule has 0 saturated carbocycles. The maximum absolute atomic E-state index is 5.20. The highest BCUT2D eigenvalue weighted by Crippen LogP contribution is 2.22. The quantitative estimate of drug-likeness (QED) is 0.857. The lowest BCUT2D eigenvalue weighted by molar-refractivity contribution is 0.414. The van der Waals surface area contributed by atoms with Gasteiger partial charge in [-0.25, -0.2) is 0 Å². The maximum atomic E-state index is 5.20. The lowest BCUT2D eigenvalue weighted by atomic mass is 10.0. The Balaban J connectivity index is 2.12. The highest BCUT2D eigenvalue weighted by atomic mass is 32.1. The smallest absolute Gasteiger partial charge is 0.118 e. The fraction of sp³-hybridized carbons (Fsp3) is 0.333. The van der Waals surface area contributed by atoms with Crippen molar-refractivity contribution in [1.82, 2.24) is 5.32 Å². The normalized spacial score (nSPS) is 12.3. The molecule has 1 N–H and O–H groups in total. The van der Waals surface area contributed by atoms with Crippen LogP contribution in [0.4, 0.5) is 0 Å². The second-order valence-electron chi connectivity index (χ2n) is 4.22. The van der Waals surface area contributed by atoms with E-state index in [-0.39, 0.29) is 0 Å². The first-order valence-corrected chi connectivity index (χ1v) is 7.16. The summed E-state index contributed by atoms with van der Waals surface area (Å²) in [4.78, 5) is 0. The van der Waals surface area contributed by atoms with Gasteiger partial charge in [-0.2, -0.15) is 11.3 Å². The van der Waals surface area contributed by atoms with E-state index in [4.69, 9.17) is 4.74 Å². The summed E-state index contributed by atoms with van der Waals surface area (Å²) < 4.78 is 5.20. The zero-order valence-electron chi connectivity index (χ0n) is 10.8. The Bertz CT molecular complexity index is 450. The van der Waals surface area contributed by atoms with E-state index >= 15 is 0 Å². The van der Waals surface area contributed by atoms with Crippen LogP contribution in [0.3, 0.4) is 0 Å². The number of benzene rings is 1. The Morgan fingerprint density at radius 1 is 1.22 bits per heavy atom. The summed E-state index contributed by atoms with van der Waals surface area (Å²) in [5, 5.41) is 7.89. The molecule has 0 fully saturated rings. The summed E-state index contributed by atoms with van der Waals surface area (Å²) in [7, 11) is 1.70. The van der Waals surface area contributed by atoms with E-state index in [1.54, 1.807) is 18.4 Å². The molecule has 0 aliphatic rings. The number of thiophene rings is 1. The van der Waals surface area contributed by atoms with E-state index in [1.807, 2.05) is 12.1 Å². The first-order valence-electron chi connectivity index (χ1n) is 6.22. The monoisotopic (exact) mass is 261 g/mol. The van der Waals surface area contributed by atoms with E-state index in [9.17, 15) is 0 Å². The van der Waals surface area contributed by atoms with Gasteiger partial charge in [0.15, 0.2) is 0 Å². The lowest BCUT2D eigenvalue weighted by Crippen LogP contribution is -2.22. The van der Waals surface area contributed by atoms with Gasteiger partial charge in [0.25, 0.3) is 0 Å². The summed E-state index contributed by atoms with van der Waals surface area (Å²) in [5.41, 5.74) is 2.70. The number of hydrogen-bond acceptors (Lipinski definition) is 3. The first kappa shape index (κ1) is 13.1. The molecule has 96 valence electrons. The Labute approximate surface area is 113 Å². The Kier molecular flexibility index (Phi) is 4.79. The van der Waals surface area contributed by atoms with Crippen LogP contribution < -0.4 is 10.1 Å². The second-order valence-corrected chi connectivity index (χ2v) is 5.00. The van der Waals surface area contributed by atoms with Crippen molar-refractivity contribution in [3.63, 3.8) is 0 Å². The molecule has 0 amide bonds. The number of rotatable bonds is 6. The molecule has 1 aromatic carbocycles. The van der Waals surface area contributed by atoms with Crippen molar-refractivity contribution in [2.45, 2.75) is 19.4 Å². The van der Waals surface area contributed by atoms with Crippen molar-refractivity contribution >= 4 is 11.3 Å². The van der Waals surface area contributed by atoms with Gasteiger partial charge in [0.1, 0.15) is 5.75 Å². The van der Waals surface area contributed by atoms with Crippen molar-refractivity contribution in [1.29, 1.82) is 0 Å². The summed E-state index contributed by atoms with van der Waals surface area (Å²) in [5.74, 6) is 0.907. The molecule has 0 saturated heterocycles. The standard InChI is InChI=1S/C15H19NOS/c1-3-16-15(10-12-8-9-18-11-12)13-4-6-14(17-2)7-5-13/h4-9,11,15-16H,3,10H2,1-2H3. The predicted molar refractivity (Wildman–Crippen MR) is 77.4 cm³/mol. The second kappa shape index (κ2) is 6.57. The molecule has 18 heavy (non-hydrogen) atoms. The van der Waals surface area contributed by atoms with Crippen LogP contribution in [-0.4, -0.2) is 13.7 Å². The summed E-state index contributed by atoms with van der Waals surface area (Å²) in [6, 6.07) is 10.9. The van der Waals surface area contributed by atoms with E-state index in [0.29, 0.717) is 6.04 Å². The Morgan fingerprint density at radius 3 is 2.56 bits per heavy atom. The van der Waals surface area contributed by atoms with Gasteiger partial charge in [-0.15, -0.1) is 0 Å². The number of likely N-dealkylation sites (N-methyl/N-ethyl adjacent to an activating group) is 1. The van der Waals surface area contributed by atoms with Crippen molar-refractivity contribution in [3.05, 3.63) is 52.2 Å². The molecule has 2 aromatic rings. The minimum Gasteiger partial charge on any atom is -0.497 e. The molecule has 0 radical (unpaired) electrons. The van der Waals surface area contributed by atoms with E-state index < -0.39 is 0 Å². The third-order valence-corrected chi connectivity index (χ3v) is 3.72. The van der Waals surface area contributed by atoms with Crippen molar-refractivity contribution in [2.75, 3.05) is 13.7 Å². The average molecular weight is 261 g/mol. The third kappa shape index (κ3) is 3.34. The van der Waals surface area contributed by atoms with Gasteiger partial charge >= 0.3 is 0 Å². The van der Waals surface area contributed by atoms with Gasteiger partial charge < -0.3 is 10.1 Å². The van der Waals surface area contributed by atoms with Gasteiger partial charge in [0.05, 0.1) is 7.11 Å². The number of ether oxygens (including phenoxy) is 1. The highest BCUT2D eigenvalue weighted by Gasteiger charge is 2.11. The third-order valence-electron chi connectivity index (χ3n) is 2.99. The van der Waals surface area contributed by atoms with Gasteiger partial charge in [-0.05, 0) is 53.1 Å². The Morgan fingerprint density at radius 2 is 2.00 bits per heavy atom. The van der Waals surface area contributed by atoms with Crippen LogP contribution in [0, 0.1) is 0 Å². The highest BCUT2D eigenvalue weighted by molar-refractivity contribution is 7.07. The minimum atomic E-state index is 0.371. The molecule has 1 atom stereocenters. The molecule has 1 heterocycles. The van der Waals surface area contributed by atoms with Gasteiger partial charge in [-0.3, -0.25) is 0 Å². The number of nitrogens with one attached hydrogen (secondary N) is 1. The molecule has 3 heteroatoms. The summed E-state index contributed by atoms with van der Waals surface area (Å²) >= 11 is 1.75. The molecule has 2 rings (SSSR count). The SMILES string of the molecule is CCNC(Cc1ccsc1)c1ccc(OC)cc1. The van der Waals surface area contributed by atoms with E-state index in [1.165, 1.54) is 11.1 Å². The molecule has 0 spiro atoms. The molecule has 0 aliphatic heterocycles. The van der Waals surface area contributed by atoms with Gasteiger partial charge in [0, 0.05) is 6.04 Å². The van der Waals surface area contributed by atoms with Crippen LogP contribution in [0.1, 0.15) is 24.1 Å². The molecular formula is C15H19NOS. The first-order chi connectivity index (χ1) is 8.83. The van der Waals surface area contributed by atoms with E-state index in [2.05, 4.69) is 41.2 Å². The van der Waals surface area contributed by atoms with Crippen molar-refractivity contribution in [2.24, 2.45) is 0 Å². The fourth-order valence-corrected chi connectivity index (χ4v) is 2.72. The van der Waals surface area contributed by atoms with Crippen LogP contribution in [0.2, 0.25) is 0 Å². The van der Waals surface area contributed by atoms with E-state index in [0.717, 1.165) is 18.7 Å². The van der Waals surface area contributed by atoms with Gasteiger partial charge in [-0.1, -0.05) is 19.1 Å². The Hall–Kier alpha value is -1.32. The van der Waals surface area contributed by atoms with Crippen molar-refractivity contribution < 1.29 is 4.74 Å². The zero-order valence-corrected chi connectivity index (χ0v) is 11.7. The number of hydrogen-bond donors (Lipinski definition) is 1. The average Bonchev–Trinajstić information content (AvgIpc) is 2.91. The molecule has 0 aliphatic carbocycles. The van der Waals surface area contributed by atoms with Crippen LogP contribution in [0.15, 0.2) is 41.1 Å². The summed E-state index contributed by atoms with van der Waals surface area (Å²) in [6.07, 6.45) is 1.03. The van der Waals surface area contributed by atoms with Crippen LogP contribution in [-0.2, 0) is 6.42 Å². The minimum absolute atomic E-state index is 0.371. The maximum Gasteiger partial charge on any atom is 0.118 e. The molecule has 0 bridgehead atoms. The zero-order chi connectivity index (χ0) is 12.8. The van der Waals surface area contributed by atoms with Crippen LogP contribution in [0.25, 0.3) is 0 Å². The largest absolute Gasteiger partial charge is 0.497 e. The molecular weight excluding hydrogens is 242 g/mol. The fourth-order valence-electron chi connectivity index (χ4n) is 2.03. The predicted octanol–water partition coefficient (Wildman–Crippen LogP) is 3.65. The summed E-state index contributed by atoms with van der Waals surface area (Å²) in [6.45, 7) is 3.12. The van der Waals surface area contributed by atoms with Crippen molar-refractivity contribution in [3.8, 4) is 5.75 Å². The topological polar surface area (TPSA) is 21.3 Å². The van der Waals surface area contributed by atoms with Gasteiger partial charge in [0.2, 0.25) is 0 Å². The molecule has 1 aromatic heterocycles. The molecule has 2 nitrogen and oxygen atoms in total. The molecule has 1 unspecified atom stereocenters. The lowest BCUT2D eigenvalue weighted by Gasteiger charge is -2.18.